The van der Waals surface area contributed by atoms with Gasteiger partial charge in [0, 0.05) is 0 Å². The van der Waals surface area contributed by atoms with Crippen LogP contribution < -0.4 is 19.5 Å². The molecule has 0 saturated carbocycles. The van der Waals surface area contributed by atoms with Gasteiger partial charge in [-0.05, 0) is 42.0 Å². The normalized spacial score (nSPS) is 13.2. The summed E-state index contributed by atoms with van der Waals surface area (Å²) in [5.74, 6) is -0.0572. The number of nitrogens with one attached hydrogen (secondary N) is 1. The van der Waals surface area contributed by atoms with Gasteiger partial charge in [-0.2, -0.15) is 0 Å². The minimum atomic E-state index is -3.93. The minimum Gasteiger partial charge on any atom is -0.497 e. The third-order valence-electron chi connectivity index (χ3n) is 4.13. The molecule has 0 aromatic heterocycles. The monoisotopic (exact) mass is 407 g/mol. The maximum atomic E-state index is 13.1. The Balaban J connectivity index is 1.92. The standard InChI is InChI=1S/C17H19N4O6S/c1-26-13-7-9-14(10-8-13)28(24,25)20-12-19(15-5-3-4-6-16(15)20)17(22)11-21(23)18-27-2/h3-10H,11-12H2,1-2H3,(H,18,23)/q+1. The number of ether oxygens (including phenoxy) is 1. The number of hydrogen-bond acceptors (Lipinski definition) is 6. The smallest absolute Gasteiger partial charge is 0.305 e. The van der Waals surface area contributed by atoms with E-state index >= 15 is 0 Å². The van der Waals surface area contributed by atoms with Gasteiger partial charge in [-0.15, -0.1) is 0 Å². The molecule has 3 rings (SSSR count). The number of nitroso groups, excluding NO2 is 1. The van der Waals surface area contributed by atoms with E-state index in [2.05, 4.69) is 4.84 Å². The molecule has 0 aliphatic carbocycles. The SMILES string of the molecule is CON[N+](=O)CC(=O)N1CN(S(=O)(=O)c2ccc(OC)cc2)c2ccccc21. The van der Waals surface area contributed by atoms with Crippen molar-refractivity contribution in [1.29, 1.82) is 0 Å². The molecule has 2 aromatic carbocycles. The molecule has 1 amide bonds. The lowest BCUT2D eigenvalue weighted by molar-refractivity contribution is -0.648. The lowest BCUT2D eigenvalue weighted by Crippen LogP contribution is -2.43. The summed E-state index contributed by atoms with van der Waals surface area (Å²) in [4.78, 5) is 30.1. The summed E-state index contributed by atoms with van der Waals surface area (Å²) in [5, 5.41) is 0. The van der Waals surface area contributed by atoms with E-state index in [1.54, 1.807) is 36.4 Å². The molecule has 0 unspecified atom stereocenters. The Morgan fingerprint density at radius 3 is 2.36 bits per heavy atom. The molecule has 0 radical (unpaired) electrons. The predicted molar refractivity (Wildman–Crippen MR) is 100 cm³/mol. The van der Waals surface area contributed by atoms with Gasteiger partial charge in [0.15, 0.2) is 4.87 Å². The first-order valence-electron chi connectivity index (χ1n) is 8.18. The van der Waals surface area contributed by atoms with Gasteiger partial charge in [-0.1, -0.05) is 12.1 Å². The van der Waals surface area contributed by atoms with Gasteiger partial charge >= 0.3 is 12.5 Å². The van der Waals surface area contributed by atoms with Gasteiger partial charge in [0.25, 0.3) is 10.0 Å². The fourth-order valence-corrected chi connectivity index (χ4v) is 4.24. The van der Waals surface area contributed by atoms with Crippen LogP contribution in [0.3, 0.4) is 0 Å². The van der Waals surface area contributed by atoms with Crippen molar-refractivity contribution in [2.24, 2.45) is 0 Å². The second kappa shape index (κ2) is 7.82. The highest BCUT2D eigenvalue weighted by Crippen LogP contribution is 2.39. The van der Waals surface area contributed by atoms with Crippen LogP contribution in [0.5, 0.6) is 5.75 Å². The van der Waals surface area contributed by atoms with Crippen LogP contribution in [0.2, 0.25) is 0 Å². The Morgan fingerprint density at radius 2 is 1.75 bits per heavy atom. The number of fused-ring (bicyclic) bond motifs is 1. The molecule has 1 aliphatic heterocycles. The van der Waals surface area contributed by atoms with Crippen LogP contribution in [-0.4, -0.2) is 46.6 Å². The number of methoxy groups -OCH3 is 1. The second-order valence-electron chi connectivity index (χ2n) is 5.81. The van der Waals surface area contributed by atoms with Gasteiger partial charge in [-0.3, -0.25) is 9.69 Å². The van der Waals surface area contributed by atoms with Crippen molar-refractivity contribution in [2.75, 3.05) is 36.6 Å². The minimum absolute atomic E-state index is 0.0592. The van der Waals surface area contributed by atoms with Crippen LogP contribution in [0.25, 0.3) is 0 Å². The molecule has 10 nitrogen and oxygen atoms in total. The summed E-state index contributed by atoms with van der Waals surface area (Å²) in [5.41, 5.74) is 2.74. The zero-order valence-corrected chi connectivity index (χ0v) is 16.0. The van der Waals surface area contributed by atoms with Crippen molar-refractivity contribution in [1.82, 2.24) is 5.59 Å². The number of anilines is 2. The number of para-hydroxylation sites is 2. The molecule has 0 saturated heterocycles. The van der Waals surface area contributed by atoms with Crippen molar-refractivity contribution >= 4 is 27.3 Å². The molecule has 2 aromatic rings. The predicted octanol–water partition coefficient (Wildman–Crippen LogP) is 1.04. The Hall–Kier alpha value is -3.18. The summed E-state index contributed by atoms with van der Waals surface area (Å²) in [7, 11) is -1.20. The summed E-state index contributed by atoms with van der Waals surface area (Å²) < 4.78 is 32.4. The van der Waals surface area contributed by atoms with E-state index in [0.717, 1.165) is 4.31 Å². The number of rotatable bonds is 7. The number of hydrogen-bond donors (Lipinski definition) is 1. The first-order chi connectivity index (χ1) is 13.4. The fraction of sp³-hybridized carbons (Fsp3) is 0.235. The van der Waals surface area contributed by atoms with Crippen molar-refractivity contribution in [3.8, 4) is 5.75 Å². The lowest BCUT2D eigenvalue weighted by atomic mass is 10.2. The number of nitrogens with zero attached hydrogens (tertiary/aromatic N) is 3. The molecular formula is C17H19N4O6S+. The average Bonchev–Trinajstić information content (AvgIpc) is 3.09. The number of sulfonamides is 1. The molecule has 0 atom stereocenters. The number of benzene rings is 2. The van der Waals surface area contributed by atoms with Crippen LogP contribution in [0.1, 0.15) is 0 Å². The number of carbonyl (C=O) groups is 1. The number of carbonyl (C=O) groups excluding carboxylic acids is 1. The summed E-state index contributed by atoms with van der Waals surface area (Å²) in [6.07, 6.45) is 0. The van der Waals surface area contributed by atoms with Gasteiger partial charge in [0.05, 0.1) is 35.4 Å². The van der Waals surface area contributed by atoms with Crippen molar-refractivity contribution in [3.05, 3.63) is 53.4 Å². The molecular weight excluding hydrogens is 388 g/mol. The maximum Gasteiger partial charge on any atom is 0.305 e. The third kappa shape index (κ3) is 3.62. The van der Waals surface area contributed by atoms with Crippen molar-refractivity contribution in [2.45, 2.75) is 4.90 Å². The van der Waals surface area contributed by atoms with Crippen LogP contribution in [-0.2, 0) is 19.7 Å². The third-order valence-corrected chi connectivity index (χ3v) is 5.89. The van der Waals surface area contributed by atoms with Crippen molar-refractivity contribution < 1.29 is 27.7 Å². The van der Waals surface area contributed by atoms with Crippen molar-refractivity contribution in [3.63, 3.8) is 0 Å². The molecule has 1 N–H and O–H groups in total. The molecule has 1 aliphatic rings. The van der Waals surface area contributed by atoms with Crippen LogP contribution >= 0.6 is 0 Å². The zero-order chi connectivity index (χ0) is 20.3. The van der Waals surface area contributed by atoms with Crippen LogP contribution in [0, 0.1) is 4.91 Å². The van der Waals surface area contributed by atoms with E-state index in [4.69, 9.17) is 4.74 Å². The van der Waals surface area contributed by atoms with Crippen LogP contribution in [0.15, 0.2) is 53.4 Å². The molecule has 1 heterocycles. The van der Waals surface area contributed by atoms with Gasteiger partial charge < -0.3 is 4.74 Å². The second-order valence-corrected chi connectivity index (χ2v) is 7.68. The Bertz CT molecular complexity index is 993. The van der Waals surface area contributed by atoms with E-state index in [9.17, 15) is 18.1 Å². The van der Waals surface area contributed by atoms with E-state index in [0.29, 0.717) is 17.1 Å². The zero-order valence-electron chi connectivity index (χ0n) is 15.2. The Morgan fingerprint density at radius 1 is 1.11 bits per heavy atom. The highest BCUT2D eigenvalue weighted by molar-refractivity contribution is 7.92. The Labute approximate surface area is 161 Å². The van der Waals surface area contributed by atoms with Gasteiger partial charge in [-0.25, -0.2) is 17.6 Å². The van der Waals surface area contributed by atoms with E-state index < -0.39 is 22.5 Å². The molecule has 0 bridgehead atoms. The molecule has 0 fully saturated rings. The lowest BCUT2D eigenvalue weighted by Gasteiger charge is -2.20. The highest BCUT2D eigenvalue weighted by Gasteiger charge is 2.39. The van der Waals surface area contributed by atoms with Crippen LogP contribution in [0.4, 0.5) is 11.4 Å². The van der Waals surface area contributed by atoms with E-state index in [1.165, 1.54) is 31.3 Å². The topological polar surface area (TPSA) is 108 Å². The first kappa shape index (κ1) is 19.6. The van der Waals surface area contributed by atoms with E-state index in [1.807, 2.05) is 5.59 Å². The summed E-state index contributed by atoms with van der Waals surface area (Å²) in [6.45, 7) is -0.800. The maximum absolute atomic E-state index is 13.1. The highest BCUT2D eigenvalue weighted by atomic mass is 32.2. The summed E-state index contributed by atoms with van der Waals surface area (Å²) in [6, 6.07) is 12.5. The molecule has 0 spiro atoms. The molecule has 148 valence electrons. The number of hydrazine groups is 1. The Kier molecular flexibility index (Phi) is 5.47. The van der Waals surface area contributed by atoms with Gasteiger partial charge in [0.2, 0.25) is 0 Å². The van der Waals surface area contributed by atoms with E-state index in [-0.39, 0.29) is 16.4 Å². The average molecular weight is 407 g/mol. The fourth-order valence-electron chi connectivity index (χ4n) is 2.82. The quantitative estimate of drug-likeness (QED) is 0.540. The van der Waals surface area contributed by atoms with Gasteiger partial charge in [0.1, 0.15) is 12.4 Å². The largest absolute Gasteiger partial charge is 0.497 e. The number of amides is 1. The molecule has 28 heavy (non-hydrogen) atoms. The molecule has 11 heteroatoms. The first-order valence-corrected chi connectivity index (χ1v) is 9.62. The summed E-state index contributed by atoms with van der Waals surface area (Å²) >= 11 is 0.